The van der Waals surface area contributed by atoms with E-state index in [1.165, 1.54) is 6.92 Å². The highest BCUT2D eigenvalue weighted by Gasteiger charge is 2.23. The highest BCUT2D eigenvalue weighted by Crippen LogP contribution is 2.16. The van der Waals surface area contributed by atoms with E-state index in [9.17, 15) is 31.2 Å². The first kappa shape index (κ1) is 40.8. The average Bonchev–Trinajstić information content (AvgIpc) is 3.02. The van der Waals surface area contributed by atoms with E-state index in [4.69, 9.17) is 13.1 Å². The van der Waals surface area contributed by atoms with Crippen LogP contribution >= 0.6 is 0 Å². The van der Waals surface area contributed by atoms with E-state index in [1.54, 1.807) is 79.5 Å². The summed E-state index contributed by atoms with van der Waals surface area (Å²) in [6.45, 7) is 2.76. The second-order valence-corrected chi connectivity index (χ2v) is 15.2. The molecule has 0 aromatic heterocycles. The molecule has 276 valence electrons. The minimum absolute atomic E-state index is 0.0274. The Labute approximate surface area is 299 Å². The number of nitrogens with one attached hydrogen (secondary N) is 2. The molecule has 0 radical (unpaired) electrons. The molecule has 0 bridgehead atoms. The highest BCUT2D eigenvalue weighted by atomic mass is 32.2. The van der Waals surface area contributed by atoms with Gasteiger partial charge in [0.15, 0.2) is 0 Å². The second kappa shape index (κ2) is 19.1. The molecule has 3 amide bonds. The van der Waals surface area contributed by atoms with Gasteiger partial charge in [-0.1, -0.05) is 66.7 Å². The van der Waals surface area contributed by atoms with Crippen molar-refractivity contribution in [2.45, 2.75) is 32.7 Å². The maximum absolute atomic E-state index is 12.9. The monoisotopic (exact) mass is 744 g/mol. The minimum Gasteiger partial charge on any atom is -0.445 e. The predicted octanol–water partition coefficient (Wildman–Crippen LogP) is 4.03. The lowest BCUT2D eigenvalue weighted by Crippen LogP contribution is -2.43. The van der Waals surface area contributed by atoms with E-state index in [0.717, 1.165) is 34.1 Å². The van der Waals surface area contributed by atoms with Crippen LogP contribution in [0.4, 0.5) is 16.2 Å². The van der Waals surface area contributed by atoms with Crippen LogP contribution in [-0.2, 0) is 49.5 Å². The Bertz CT molecular complexity index is 1850. The van der Waals surface area contributed by atoms with Gasteiger partial charge < -0.3 is 15.4 Å². The third kappa shape index (κ3) is 16.8. The Morgan fingerprint density at radius 1 is 0.686 bits per heavy atom. The fourth-order valence-corrected chi connectivity index (χ4v) is 6.17. The summed E-state index contributed by atoms with van der Waals surface area (Å²) in [7, 11) is -5.67. The van der Waals surface area contributed by atoms with Crippen LogP contribution in [0.15, 0.2) is 78.9 Å². The van der Waals surface area contributed by atoms with Gasteiger partial charge in [-0.05, 0) is 61.9 Å². The number of likely N-dealkylation sites (N-methyl/N-ethyl adjacent to an activating group) is 1. The number of amides is 3. The molecule has 0 aliphatic heterocycles. The highest BCUT2D eigenvalue weighted by molar-refractivity contribution is 7.86. The maximum Gasteiger partial charge on any atom is 0.410 e. The van der Waals surface area contributed by atoms with Gasteiger partial charge in [0.1, 0.15) is 13.2 Å². The summed E-state index contributed by atoms with van der Waals surface area (Å²) in [5, 5.41) is 5.54. The Morgan fingerprint density at radius 2 is 1.14 bits per heavy atom. The number of rotatable bonds is 18. The van der Waals surface area contributed by atoms with Crippen molar-refractivity contribution in [3.05, 3.63) is 95.6 Å². The molecular formula is C35H44N4O10S2. The van der Waals surface area contributed by atoms with Crippen LogP contribution in [0.3, 0.4) is 0 Å². The van der Waals surface area contributed by atoms with Crippen LogP contribution in [0.25, 0.3) is 12.2 Å². The van der Waals surface area contributed by atoms with E-state index in [2.05, 4.69) is 10.6 Å². The quantitative estimate of drug-likeness (QED) is 0.142. The lowest BCUT2D eigenvalue weighted by Gasteiger charge is -2.24. The first-order valence-electron chi connectivity index (χ1n) is 15.8. The number of carbonyl (C=O) groups excluding carboxylic acids is 3. The molecular weight excluding hydrogens is 701 g/mol. The molecule has 0 aliphatic rings. The first-order chi connectivity index (χ1) is 23.9. The molecule has 0 aliphatic carbocycles. The van der Waals surface area contributed by atoms with E-state index < -0.39 is 51.0 Å². The van der Waals surface area contributed by atoms with Crippen molar-refractivity contribution in [2.75, 3.05) is 56.4 Å². The summed E-state index contributed by atoms with van der Waals surface area (Å²) in [4.78, 5) is 41.0. The number of hydrogen-bond acceptors (Lipinski definition) is 11. The number of hydrogen-bond donors (Lipinski definition) is 2. The van der Waals surface area contributed by atoms with Crippen molar-refractivity contribution in [3.63, 3.8) is 0 Å². The molecule has 2 atom stereocenters. The zero-order chi connectivity index (χ0) is 37.6. The van der Waals surface area contributed by atoms with Crippen LogP contribution in [0, 0.1) is 0 Å². The van der Waals surface area contributed by atoms with Gasteiger partial charge in [0.05, 0.1) is 37.8 Å². The molecule has 0 saturated carbocycles. The number of nitrogens with zero attached hydrogens (tertiary/aromatic N) is 2. The van der Waals surface area contributed by atoms with Gasteiger partial charge in [-0.15, -0.1) is 0 Å². The Hall–Kier alpha value is -4.61. The fraction of sp³-hybridized carbons (Fsp3) is 0.343. The molecule has 0 spiro atoms. The van der Waals surface area contributed by atoms with Crippen LogP contribution in [-0.4, -0.2) is 102 Å². The summed E-state index contributed by atoms with van der Waals surface area (Å²) in [6, 6.07) is 23.2. The third-order valence-corrected chi connectivity index (χ3v) is 8.15. The smallest absolute Gasteiger partial charge is 0.410 e. The molecule has 3 aromatic rings. The third-order valence-electron chi connectivity index (χ3n) is 6.79. The molecule has 0 heterocycles. The molecule has 3 rings (SSSR count). The molecule has 2 N–H and O–H groups in total. The molecule has 0 fully saturated rings. The predicted molar refractivity (Wildman–Crippen MR) is 196 cm³/mol. The lowest BCUT2D eigenvalue weighted by molar-refractivity contribution is -0.118. The molecule has 51 heavy (non-hydrogen) atoms. The van der Waals surface area contributed by atoms with E-state index in [-0.39, 0.29) is 32.1 Å². The number of ether oxygens (including phenoxy) is 1. The van der Waals surface area contributed by atoms with E-state index in [0.29, 0.717) is 11.4 Å². The lowest BCUT2D eigenvalue weighted by atomic mass is 10.1. The minimum atomic E-state index is -3.79. The van der Waals surface area contributed by atoms with Gasteiger partial charge in [-0.2, -0.15) is 16.8 Å². The van der Waals surface area contributed by atoms with Gasteiger partial charge in [-0.25, -0.2) is 4.79 Å². The number of carbonyl (C=O) groups is 3. The van der Waals surface area contributed by atoms with Gasteiger partial charge in [0, 0.05) is 17.9 Å². The molecule has 0 saturated heterocycles. The summed E-state index contributed by atoms with van der Waals surface area (Å²) >= 11 is 0. The SMILES string of the molecule is CC(CN(C)CC(=O)Nc1ccc(/C=C/c2ccc(NC(=O)CN(CC(C)OS(C)(=O)=O)C(=O)OCc3ccccc3)cc2)cc1)OS(C)(=O)=O. The molecule has 2 unspecified atom stereocenters. The van der Waals surface area contributed by atoms with Gasteiger partial charge in [-0.3, -0.25) is 27.8 Å². The molecule has 14 nitrogen and oxygen atoms in total. The normalized spacial score (nSPS) is 13.1. The zero-order valence-corrected chi connectivity index (χ0v) is 30.8. The maximum atomic E-state index is 12.9. The number of anilines is 2. The Balaban J connectivity index is 1.52. The van der Waals surface area contributed by atoms with Crippen LogP contribution in [0.2, 0.25) is 0 Å². The second-order valence-electron chi connectivity index (χ2n) is 12.0. The van der Waals surface area contributed by atoms with Crippen LogP contribution in [0.1, 0.15) is 30.5 Å². The first-order valence-corrected chi connectivity index (χ1v) is 19.5. The summed E-state index contributed by atoms with van der Waals surface area (Å²) in [6.07, 6.45) is 3.33. The average molecular weight is 745 g/mol. The van der Waals surface area contributed by atoms with Gasteiger partial charge >= 0.3 is 6.09 Å². The van der Waals surface area contributed by atoms with Crippen molar-refractivity contribution in [1.82, 2.24) is 9.80 Å². The van der Waals surface area contributed by atoms with E-state index >= 15 is 0 Å². The van der Waals surface area contributed by atoms with Crippen LogP contribution < -0.4 is 10.6 Å². The van der Waals surface area contributed by atoms with E-state index in [1.807, 2.05) is 30.4 Å². The van der Waals surface area contributed by atoms with Crippen molar-refractivity contribution < 1.29 is 44.3 Å². The van der Waals surface area contributed by atoms with Gasteiger partial charge in [0.2, 0.25) is 11.8 Å². The van der Waals surface area contributed by atoms with Gasteiger partial charge in [0.25, 0.3) is 20.2 Å². The van der Waals surface area contributed by atoms with Crippen molar-refractivity contribution >= 4 is 61.7 Å². The Morgan fingerprint density at radius 3 is 1.61 bits per heavy atom. The van der Waals surface area contributed by atoms with Crippen molar-refractivity contribution in [3.8, 4) is 0 Å². The largest absolute Gasteiger partial charge is 0.445 e. The molecule has 3 aromatic carbocycles. The van der Waals surface area contributed by atoms with Crippen molar-refractivity contribution in [2.24, 2.45) is 0 Å². The Kier molecular flexibility index (Phi) is 15.3. The fourth-order valence-electron chi connectivity index (χ4n) is 4.85. The number of benzene rings is 3. The standard InChI is InChI=1S/C35H44N4O10S2/c1-26(48-50(4,43)44)21-38(3)23-33(40)36-31-17-13-28(14-18-31)11-12-29-15-19-32(20-16-29)37-34(41)24-39(22-27(2)49-51(5,45)46)35(42)47-25-30-9-7-6-8-10-30/h6-20,26-27H,21-25H2,1-5H3,(H,36,40)(H,37,41)/b12-11+. The zero-order valence-electron chi connectivity index (χ0n) is 29.1. The van der Waals surface area contributed by atoms with Crippen molar-refractivity contribution in [1.29, 1.82) is 0 Å². The summed E-state index contributed by atoms with van der Waals surface area (Å²) in [5.74, 6) is -0.776. The molecule has 16 heteroatoms. The van der Waals surface area contributed by atoms with Crippen LogP contribution in [0.5, 0.6) is 0 Å². The summed E-state index contributed by atoms with van der Waals surface area (Å²) < 4.78 is 60.9. The summed E-state index contributed by atoms with van der Waals surface area (Å²) in [5.41, 5.74) is 3.56. The topological polar surface area (TPSA) is 178 Å².